The van der Waals surface area contributed by atoms with E-state index in [0.717, 1.165) is 32.1 Å². The first-order valence-electron chi connectivity index (χ1n) is 27.6. The molecule has 0 aromatic heterocycles. The van der Waals surface area contributed by atoms with Gasteiger partial charge < -0.3 is 15.5 Å². The first-order valence-corrected chi connectivity index (χ1v) is 27.6. The molecule has 0 rings (SSSR count). The third-order valence-corrected chi connectivity index (χ3v) is 12.9. The fraction of sp³-hybridized carbons (Fsp3) is 0.911. The summed E-state index contributed by atoms with van der Waals surface area (Å²) < 4.78 is 0. The lowest BCUT2D eigenvalue weighted by Gasteiger charge is -2.20. The van der Waals surface area contributed by atoms with Gasteiger partial charge in [0, 0.05) is 6.42 Å². The van der Waals surface area contributed by atoms with Crippen molar-refractivity contribution in [2.75, 3.05) is 6.61 Å². The van der Waals surface area contributed by atoms with Crippen LogP contribution in [-0.2, 0) is 4.79 Å². The largest absolute Gasteiger partial charge is 0.394 e. The summed E-state index contributed by atoms with van der Waals surface area (Å²) >= 11 is 0. The molecular weight excluding hydrogens is 735 g/mol. The predicted molar refractivity (Wildman–Crippen MR) is 267 cm³/mol. The molecule has 2 unspecified atom stereocenters. The van der Waals surface area contributed by atoms with Crippen LogP contribution in [0.5, 0.6) is 0 Å². The van der Waals surface area contributed by atoms with Gasteiger partial charge in [-0.3, -0.25) is 4.79 Å². The average molecular weight is 844 g/mol. The minimum absolute atomic E-state index is 0.0687. The molecule has 4 heteroatoms. The van der Waals surface area contributed by atoms with Crippen molar-refractivity contribution in [3.8, 4) is 0 Å². The smallest absolute Gasteiger partial charge is 0.220 e. The summed E-state index contributed by atoms with van der Waals surface area (Å²) in [6.07, 6.45) is 69.2. The van der Waals surface area contributed by atoms with Crippen LogP contribution in [0.1, 0.15) is 309 Å². The molecule has 60 heavy (non-hydrogen) atoms. The Hall–Kier alpha value is -1.13. The maximum absolute atomic E-state index is 12.4. The standard InChI is InChI=1S/C56H109NO3/c1-3-5-7-9-11-13-15-17-19-21-22-23-24-25-26-27-28-29-30-31-32-33-34-35-36-37-39-41-43-45-47-49-51-55(59)54(53-58)57-56(60)52-50-48-46-44-42-40-38-20-18-16-14-12-10-8-6-4-2/h20,38,49,51,54-55,58-59H,3-19,21-37,39-48,50,52-53H2,1-2H3,(H,57,60)/b38-20-,51-49+. The van der Waals surface area contributed by atoms with Gasteiger partial charge in [-0.25, -0.2) is 0 Å². The molecule has 0 aliphatic heterocycles. The lowest BCUT2D eigenvalue weighted by Crippen LogP contribution is -2.45. The Labute approximate surface area is 377 Å². The summed E-state index contributed by atoms with van der Waals surface area (Å²) in [5.41, 5.74) is 0. The van der Waals surface area contributed by atoms with Crippen molar-refractivity contribution < 1.29 is 15.0 Å². The third-order valence-electron chi connectivity index (χ3n) is 12.9. The second kappa shape index (κ2) is 52.2. The Morgan fingerprint density at radius 3 is 0.917 bits per heavy atom. The van der Waals surface area contributed by atoms with E-state index in [4.69, 9.17) is 0 Å². The van der Waals surface area contributed by atoms with E-state index in [2.05, 4.69) is 31.3 Å². The van der Waals surface area contributed by atoms with Gasteiger partial charge >= 0.3 is 0 Å². The Morgan fingerprint density at radius 2 is 0.633 bits per heavy atom. The molecule has 0 aliphatic rings. The molecule has 0 saturated heterocycles. The van der Waals surface area contributed by atoms with Crippen LogP contribution in [0.15, 0.2) is 24.3 Å². The maximum atomic E-state index is 12.4. The SMILES string of the molecule is CCCCCCCCC/C=C\CCCCCCCC(=O)NC(CO)C(O)/C=C/CCCCCCCCCCCCCCCCCCCCCCCCCCCCCCCC. The van der Waals surface area contributed by atoms with Gasteiger partial charge in [0.15, 0.2) is 0 Å². The minimum atomic E-state index is -0.841. The summed E-state index contributed by atoms with van der Waals surface area (Å²) in [5.74, 6) is -0.0687. The fourth-order valence-corrected chi connectivity index (χ4v) is 8.71. The number of carbonyl (C=O) groups excluding carboxylic acids is 1. The monoisotopic (exact) mass is 844 g/mol. The van der Waals surface area contributed by atoms with E-state index >= 15 is 0 Å². The number of allylic oxidation sites excluding steroid dienone is 3. The molecule has 4 nitrogen and oxygen atoms in total. The molecule has 3 N–H and O–H groups in total. The second-order valence-electron chi connectivity index (χ2n) is 19.0. The first kappa shape index (κ1) is 58.9. The van der Waals surface area contributed by atoms with Crippen LogP contribution >= 0.6 is 0 Å². The minimum Gasteiger partial charge on any atom is -0.394 e. The Balaban J connectivity index is 3.44. The zero-order valence-electron chi connectivity index (χ0n) is 41.0. The van der Waals surface area contributed by atoms with Gasteiger partial charge in [0.2, 0.25) is 5.91 Å². The molecule has 0 heterocycles. The van der Waals surface area contributed by atoms with Crippen molar-refractivity contribution in [2.45, 2.75) is 321 Å². The number of nitrogens with one attached hydrogen (secondary N) is 1. The van der Waals surface area contributed by atoms with Crippen molar-refractivity contribution in [2.24, 2.45) is 0 Å². The van der Waals surface area contributed by atoms with E-state index in [1.165, 1.54) is 257 Å². The van der Waals surface area contributed by atoms with Crippen molar-refractivity contribution in [1.29, 1.82) is 0 Å². The van der Waals surface area contributed by atoms with Crippen molar-refractivity contribution >= 4 is 5.91 Å². The van der Waals surface area contributed by atoms with Crippen LogP contribution in [0.3, 0.4) is 0 Å². The van der Waals surface area contributed by atoms with E-state index in [-0.39, 0.29) is 12.5 Å². The third kappa shape index (κ3) is 47.9. The molecule has 1 amide bonds. The molecule has 0 aromatic rings. The number of hydrogen-bond donors (Lipinski definition) is 3. The maximum Gasteiger partial charge on any atom is 0.220 e. The second-order valence-corrected chi connectivity index (χ2v) is 19.0. The van der Waals surface area contributed by atoms with Crippen molar-refractivity contribution in [3.05, 3.63) is 24.3 Å². The lowest BCUT2D eigenvalue weighted by atomic mass is 10.0. The zero-order chi connectivity index (χ0) is 43.5. The van der Waals surface area contributed by atoms with E-state index in [9.17, 15) is 15.0 Å². The van der Waals surface area contributed by atoms with Gasteiger partial charge in [-0.2, -0.15) is 0 Å². The molecule has 0 radical (unpaired) electrons. The molecule has 0 spiro atoms. The van der Waals surface area contributed by atoms with E-state index in [1.807, 2.05) is 6.08 Å². The molecule has 2 atom stereocenters. The molecule has 0 aliphatic carbocycles. The van der Waals surface area contributed by atoms with Gasteiger partial charge in [-0.1, -0.05) is 282 Å². The molecule has 0 fully saturated rings. The van der Waals surface area contributed by atoms with Gasteiger partial charge in [0.05, 0.1) is 18.8 Å². The summed E-state index contributed by atoms with van der Waals surface area (Å²) in [6.45, 7) is 4.33. The number of hydrogen-bond acceptors (Lipinski definition) is 3. The molecule has 0 saturated carbocycles. The van der Waals surface area contributed by atoms with E-state index in [1.54, 1.807) is 6.08 Å². The topological polar surface area (TPSA) is 69.6 Å². The number of carbonyl (C=O) groups is 1. The van der Waals surface area contributed by atoms with Gasteiger partial charge in [0.25, 0.3) is 0 Å². The molecular formula is C56H109NO3. The average Bonchev–Trinajstić information content (AvgIpc) is 3.25. The summed E-state index contributed by atoms with van der Waals surface area (Å²) in [4.78, 5) is 12.4. The number of aliphatic hydroxyl groups excluding tert-OH is 2. The Morgan fingerprint density at radius 1 is 0.383 bits per heavy atom. The first-order chi connectivity index (χ1) is 29.7. The van der Waals surface area contributed by atoms with Crippen LogP contribution in [0.2, 0.25) is 0 Å². The van der Waals surface area contributed by atoms with Crippen LogP contribution in [0.4, 0.5) is 0 Å². The zero-order valence-corrected chi connectivity index (χ0v) is 41.0. The van der Waals surface area contributed by atoms with Crippen LogP contribution < -0.4 is 5.32 Å². The van der Waals surface area contributed by atoms with Crippen molar-refractivity contribution in [1.82, 2.24) is 5.32 Å². The molecule has 0 bridgehead atoms. The fourth-order valence-electron chi connectivity index (χ4n) is 8.71. The number of amides is 1. The Kier molecular flexibility index (Phi) is 51.2. The van der Waals surface area contributed by atoms with E-state index in [0.29, 0.717) is 6.42 Å². The van der Waals surface area contributed by atoms with Crippen molar-refractivity contribution in [3.63, 3.8) is 0 Å². The Bertz CT molecular complexity index is 871. The highest BCUT2D eigenvalue weighted by atomic mass is 16.3. The number of unbranched alkanes of at least 4 members (excludes halogenated alkanes) is 42. The number of rotatable bonds is 51. The van der Waals surface area contributed by atoms with Crippen LogP contribution in [-0.4, -0.2) is 34.9 Å². The van der Waals surface area contributed by atoms with Crippen LogP contribution in [0.25, 0.3) is 0 Å². The lowest BCUT2D eigenvalue weighted by molar-refractivity contribution is -0.123. The van der Waals surface area contributed by atoms with Gasteiger partial charge in [0.1, 0.15) is 0 Å². The van der Waals surface area contributed by atoms with Crippen LogP contribution in [0, 0.1) is 0 Å². The normalized spacial score (nSPS) is 12.9. The van der Waals surface area contributed by atoms with Gasteiger partial charge in [-0.15, -0.1) is 0 Å². The highest BCUT2D eigenvalue weighted by molar-refractivity contribution is 5.76. The number of aliphatic hydroxyl groups is 2. The summed E-state index contributed by atoms with van der Waals surface area (Å²) in [5, 5.41) is 23.1. The molecule has 356 valence electrons. The highest BCUT2D eigenvalue weighted by Gasteiger charge is 2.18. The predicted octanol–water partition coefficient (Wildman–Crippen LogP) is 17.9. The van der Waals surface area contributed by atoms with E-state index < -0.39 is 12.1 Å². The summed E-state index contributed by atoms with van der Waals surface area (Å²) in [6, 6.07) is -0.625. The quantitative estimate of drug-likeness (QED) is 0.0422. The molecule has 0 aromatic carbocycles. The highest BCUT2D eigenvalue weighted by Crippen LogP contribution is 2.17. The van der Waals surface area contributed by atoms with Gasteiger partial charge in [-0.05, 0) is 44.9 Å². The summed E-state index contributed by atoms with van der Waals surface area (Å²) in [7, 11) is 0.